The molecule has 34 heavy (non-hydrogen) atoms. The number of aromatic nitrogens is 3. The van der Waals surface area contributed by atoms with Crippen LogP contribution in [0.25, 0.3) is 22.0 Å². The first-order chi connectivity index (χ1) is 15.8. The first-order valence-corrected chi connectivity index (χ1v) is 12.2. The summed E-state index contributed by atoms with van der Waals surface area (Å²) < 4.78 is 0. The molecule has 0 amide bonds. The number of nitrogens with zero attached hydrogens (tertiary/aromatic N) is 3. The maximum Gasteiger partial charge on any atom is 0.0705 e. The first kappa shape index (κ1) is 24.1. The van der Waals surface area contributed by atoms with E-state index in [9.17, 15) is 0 Å². The highest BCUT2D eigenvalue weighted by molar-refractivity contribution is 5.87. The number of benzene rings is 1. The molecular weight excluding hydrogens is 414 g/mol. The summed E-state index contributed by atoms with van der Waals surface area (Å²) in [7, 11) is 0. The molecule has 0 radical (unpaired) electrons. The number of rotatable bonds is 4. The zero-order chi connectivity index (χ0) is 24.7. The van der Waals surface area contributed by atoms with E-state index in [1.165, 1.54) is 33.2 Å². The fourth-order valence-electron chi connectivity index (χ4n) is 4.56. The highest BCUT2D eigenvalue weighted by Crippen LogP contribution is 2.34. The quantitative estimate of drug-likeness (QED) is 0.318. The Bertz CT molecular complexity index is 1320. The van der Waals surface area contributed by atoms with Gasteiger partial charge in [0.1, 0.15) is 0 Å². The Kier molecular flexibility index (Phi) is 6.10. The van der Waals surface area contributed by atoms with Gasteiger partial charge in [-0.3, -0.25) is 15.0 Å². The van der Waals surface area contributed by atoms with Crippen LogP contribution in [0.1, 0.15) is 77.8 Å². The maximum absolute atomic E-state index is 4.79. The molecular formula is C31H37N3. The molecule has 0 N–H and O–H groups in total. The summed E-state index contributed by atoms with van der Waals surface area (Å²) in [6.45, 7) is 18.0. The number of hydrogen-bond donors (Lipinski definition) is 0. The van der Waals surface area contributed by atoms with Crippen LogP contribution in [0.15, 0.2) is 67.3 Å². The molecule has 3 nitrogen and oxygen atoms in total. The van der Waals surface area contributed by atoms with Crippen molar-refractivity contribution in [3.63, 3.8) is 0 Å². The van der Waals surface area contributed by atoms with Gasteiger partial charge in [-0.1, -0.05) is 67.5 Å². The van der Waals surface area contributed by atoms with Gasteiger partial charge in [0, 0.05) is 41.3 Å². The van der Waals surface area contributed by atoms with E-state index in [1.54, 1.807) is 0 Å². The summed E-state index contributed by atoms with van der Waals surface area (Å²) in [4.78, 5) is 13.9. The molecule has 0 saturated heterocycles. The first-order valence-electron chi connectivity index (χ1n) is 12.2. The average Bonchev–Trinajstić information content (AvgIpc) is 2.77. The second kappa shape index (κ2) is 8.61. The van der Waals surface area contributed by atoms with Crippen LogP contribution in [0, 0.1) is 0 Å². The molecule has 0 spiro atoms. The average molecular weight is 452 g/mol. The van der Waals surface area contributed by atoms with Gasteiger partial charge in [0.25, 0.3) is 0 Å². The molecule has 0 unspecified atom stereocenters. The van der Waals surface area contributed by atoms with Crippen LogP contribution in [0.4, 0.5) is 0 Å². The monoisotopic (exact) mass is 451 g/mol. The van der Waals surface area contributed by atoms with Crippen LogP contribution in [-0.2, 0) is 22.7 Å². The summed E-state index contributed by atoms with van der Waals surface area (Å²) in [6.07, 6.45) is 8.71. The fraction of sp³-hybridized carbons (Fsp3) is 0.387. The molecule has 0 fully saturated rings. The number of fused-ring (bicyclic) bond motifs is 1. The zero-order valence-corrected chi connectivity index (χ0v) is 21.9. The summed E-state index contributed by atoms with van der Waals surface area (Å²) in [5, 5.41) is 1.22. The van der Waals surface area contributed by atoms with E-state index in [0.717, 1.165) is 17.6 Å². The maximum atomic E-state index is 4.79. The molecule has 4 aromatic rings. The SMILES string of the molecule is CC(C)(C)c1cncc(CC(C)(C)c2cc(-c3ccc4nccc(C(C)(C)C)c4c3)ccn2)c1. The van der Waals surface area contributed by atoms with Gasteiger partial charge in [0.05, 0.1) is 5.52 Å². The van der Waals surface area contributed by atoms with Crippen molar-refractivity contribution in [3.8, 4) is 11.1 Å². The molecule has 176 valence electrons. The van der Waals surface area contributed by atoms with Gasteiger partial charge in [-0.05, 0) is 75.4 Å². The van der Waals surface area contributed by atoms with Gasteiger partial charge in [0.15, 0.2) is 0 Å². The molecule has 0 bridgehead atoms. The molecule has 0 aliphatic heterocycles. The summed E-state index contributed by atoms with van der Waals surface area (Å²) in [5.74, 6) is 0. The van der Waals surface area contributed by atoms with Gasteiger partial charge >= 0.3 is 0 Å². The van der Waals surface area contributed by atoms with E-state index in [-0.39, 0.29) is 16.2 Å². The van der Waals surface area contributed by atoms with Crippen molar-refractivity contribution in [1.29, 1.82) is 0 Å². The lowest BCUT2D eigenvalue weighted by Crippen LogP contribution is -2.23. The molecule has 3 aromatic heterocycles. The van der Waals surface area contributed by atoms with Gasteiger partial charge in [-0.25, -0.2) is 0 Å². The van der Waals surface area contributed by atoms with Gasteiger partial charge in [-0.15, -0.1) is 0 Å². The van der Waals surface area contributed by atoms with Crippen LogP contribution in [-0.4, -0.2) is 15.0 Å². The third-order valence-electron chi connectivity index (χ3n) is 6.64. The van der Waals surface area contributed by atoms with Crippen LogP contribution in [0.5, 0.6) is 0 Å². The van der Waals surface area contributed by atoms with Crippen molar-refractivity contribution in [2.75, 3.05) is 0 Å². The standard InChI is InChI=1S/C31H37N3/c1-29(2,3)24-15-21(19-32-20-24)18-31(7,8)28-17-23(11-13-34-28)22-9-10-27-25(16-22)26(12-14-33-27)30(4,5)6/h9-17,19-20H,18H2,1-8H3. The molecule has 0 aliphatic carbocycles. The van der Waals surface area contributed by atoms with Gasteiger partial charge in [-0.2, -0.15) is 0 Å². The highest BCUT2D eigenvalue weighted by Gasteiger charge is 2.25. The van der Waals surface area contributed by atoms with E-state index >= 15 is 0 Å². The molecule has 4 rings (SSSR count). The van der Waals surface area contributed by atoms with E-state index < -0.39 is 0 Å². The van der Waals surface area contributed by atoms with Crippen molar-refractivity contribution in [2.45, 2.75) is 78.1 Å². The smallest absolute Gasteiger partial charge is 0.0705 e. The predicted octanol–water partition coefficient (Wildman–Crippen LogP) is 7.81. The van der Waals surface area contributed by atoms with E-state index in [2.05, 4.69) is 108 Å². The van der Waals surface area contributed by atoms with Crippen LogP contribution in [0.2, 0.25) is 0 Å². The lowest BCUT2D eigenvalue weighted by molar-refractivity contribution is 0.503. The third kappa shape index (κ3) is 5.04. The Balaban J connectivity index is 1.70. The van der Waals surface area contributed by atoms with Crippen molar-refractivity contribution < 1.29 is 0 Å². The largest absolute Gasteiger partial charge is 0.264 e. The summed E-state index contributed by atoms with van der Waals surface area (Å²) in [6, 6.07) is 15.4. The lowest BCUT2D eigenvalue weighted by Gasteiger charge is -2.26. The van der Waals surface area contributed by atoms with Crippen molar-refractivity contribution in [3.05, 3.63) is 89.6 Å². The normalized spacial score (nSPS) is 12.8. The number of pyridine rings is 3. The molecule has 1 aromatic carbocycles. The zero-order valence-electron chi connectivity index (χ0n) is 21.9. The predicted molar refractivity (Wildman–Crippen MR) is 143 cm³/mol. The van der Waals surface area contributed by atoms with E-state index in [0.29, 0.717) is 0 Å². The second-order valence-corrected chi connectivity index (χ2v) is 12.2. The summed E-state index contributed by atoms with van der Waals surface area (Å²) >= 11 is 0. The minimum Gasteiger partial charge on any atom is -0.264 e. The minimum absolute atomic E-state index is 0.0564. The Morgan fingerprint density at radius 1 is 0.676 bits per heavy atom. The molecule has 3 heterocycles. The van der Waals surface area contributed by atoms with Crippen molar-refractivity contribution in [1.82, 2.24) is 15.0 Å². The Labute approximate surface area is 204 Å². The molecule has 0 aliphatic rings. The van der Waals surface area contributed by atoms with E-state index in [1.807, 2.05) is 24.8 Å². The van der Waals surface area contributed by atoms with Gasteiger partial charge < -0.3 is 0 Å². The Morgan fingerprint density at radius 2 is 1.38 bits per heavy atom. The molecule has 3 heteroatoms. The van der Waals surface area contributed by atoms with E-state index in [4.69, 9.17) is 4.98 Å². The van der Waals surface area contributed by atoms with Crippen LogP contribution < -0.4 is 0 Å². The highest BCUT2D eigenvalue weighted by atomic mass is 14.7. The van der Waals surface area contributed by atoms with Crippen LogP contribution in [0.3, 0.4) is 0 Å². The van der Waals surface area contributed by atoms with Crippen LogP contribution >= 0.6 is 0 Å². The number of hydrogen-bond acceptors (Lipinski definition) is 3. The molecule has 0 saturated carbocycles. The van der Waals surface area contributed by atoms with Crippen molar-refractivity contribution in [2.24, 2.45) is 0 Å². The Hall–Kier alpha value is -3.07. The van der Waals surface area contributed by atoms with Gasteiger partial charge in [0.2, 0.25) is 0 Å². The summed E-state index contributed by atoms with van der Waals surface area (Å²) in [5.41, 5.74) is 8.36. The Morgan fingerprint density at radius 3 is 2.09 bits per heavy atom. The lowest BCUT2D eigenvalue weighted by atomic mass is 9.80. The molecule has 0 atom stereocenters. The third-order valence-corrected chi connectivity index (χ3v) is 6.64. The topological polar surface area (TPSA) is 38.7 Å². The van der Waals surface area contributed by atoms with Crippen molar-refractivity contribution >= 4 is 10.9 Å². The minimum atomic E-state index is -0.122. The second-order valence-electron chi connectivity index (χ2n) is 12.2. The fourth-order valence-corrected chi connectivity index (χ4v) is 4.56.